The summed E-state index contributed by atoms with van der Waals surface area (Å²) < 4.78 is 0. The van der Waals surface area contributed by atoms with E-state index in [9.17, 15) is 0 Å². The van der Waals surface area contributed by atoms with Gasteiger partial charge < -0.3 is 0 Å². The number of aryl methyl sites for hydroxylation is 5. The molecule has 0 radical (unpaired) electrons. The van der Waals surface area contributed by atoms with E-state index in [1.807, 2.05) is 34.0 Å². The smallest absolute Gasteiger partial charge is 0.0481 e. The van der Waals surface area contributed by atoms with Crippen molar-refractivity contribution in [1.82, 2.24) is 0 Å². The molecule has 3 heterocycles. The molecule has 0 aliphatic rings. The van der Waals surface area contributed by atoms with Crippen molar-refractivity contribution in [2.75, 3.05) is 0 Å². The summed E-state index contributed by atoms with van der Waals surface area (Å²) >= 11 is 5.93. The van der Waals surface area contributed by atoms with Crippen LogP contribution in [0.15, 0.2) is 41.8 Å². The van der Waals surface area contributed by atoms with Crippen molar-refractivity contribution < 1.29 is 0 Å². The van der Waals surface area contributed by atoms with Crippen molar-refractivity contribution in [2.24, 2.45) is 0 Å². The van der Waals surface area contributed by atoms with Gasteiger partial charge in [0.15, 0.2) is 0 Å². The van der Waals surface area contributed by atoms with E-state index < -0.39 is 0 Å². The molecule has 1 aromatic carbocycles. The number of thiophene rings is 3. The summed E-state index contributed by atoms with van der Waals surface area (Å²) in [6, 6.07) is 14.3. The van der Waals surface area contributed by atoms with Crippen LogP contribution in [0.1, 0.15) is 93.0 Å². The zero-order chi connectivity index (χ0) is 25.5. The molecule has 0 aliphatic carbocycles. The first-order valence-electron chi connectivity index (χ1n) is 13.9. The van der Waals surface area contributed by atoms with Crippen LogP contribution in [0.3, 0.4) is 0 Å². The molecular formula is C33H42S3. The molecule has 36 heavy (non-hydrogen) atoms. The van der Waals surface area contributed by atoms with E-state index in [0.29, 0.717) is 0 Å². The van der Waals surface area contributed by atoms with E-state index in [0.717, 1.165) is 0 Å². The summed E-state index contributed by atoms with van der Waals surface area (Å²) in [7, 11) is 0. The minimum absolute atomic E-state index is 1.19. The largest absolute Gasteiger partial charge is 0.143 e. The standard InChI is InChI=1S/C33H42S3/c1-6-8-10-12-14-26-18-19-34-32(26)28-16-17-29(35-28)33-27(15-13-11-9-7-2)22-30(36-33)31-24(4)20-23(3)21-25(31)5/h16-22H,6-15H2,1-5H3. The predicted octanol–water partition coefficient (Wildman–Crippen LogP) is 12.0. The Morgan fingerprint density at radius 3 is 1.83 bits per heavy atom. The third kappa shape index (κ3) is 6.60. The maximum atomic E-state index is 2.51. The van der Waals surface area contributed by atoms with E-state index in [4.69, 9.17) is 0 Å². The molecule has 0 unspecified atom stereocenters. The van der Waals surface area contributed by atoms with Gasteiger partial charge in [-0.3, -0.25) is 0 Å². The van der Waals surface area contributed by atoms with Crippen LogP contribution in [0.2, 0.25) is 0 Å². The Hall–Kier alpha value is -1.68. The Kier molecular flexibility index (Phi) is 10.0. The molecule has 4 aromatic rings. The van der Waals surface area contributed by atoms with Gasteiger partial charge in [0, 0.05) is 24.4 Å². The highest BCUT2D eigenvalue weighted by Gasteiger charge is 2.18. The van der Waals surface area contributed by atoms with Crippen LogP contribution in [0.4, 0.5) is 0 Å². The molecular weight excluding hydrogens is 493 g/mol. The van der Waals surface area contributed by atoms with Gasteiger partial charge in [-0.25, -0.2) is 0 Å². The summed E-state index contributed by atoms with van der Waals surface area (Å²) in [5, 5.41) is 2.29. The summed E-state index contributed by atoms with van der Waals surface area (Å²) in [6.45, 7) is 11.3. The summed E-state index contributed by atoms with van der Waals surface area (Å²) in [4.78, 5) is 7.32. The molecule has 192 valence electrons. The molecule has 3 aromatic heterocycles. The zero-order valence-electron chi connectivity index (χ0n) is 22.8. The van der Waals surface area contributed by atoms with Gasteiger partial charge in [-0.15, -0.1) is 34.0 Å². The molecule has 3 heteroatoms. The summed E-state index contributed by atoms with van der Waals surface area (Å²) in [5.41, 5.74) is 8.68. The Labute approximate surface area is 231 Å². The molecule has 0 aliphatic heterocycles. The van der Waals surface area contributed by atoms with Gasteiger partial charge in [-0.2, -0.15) is 0 Å². The van der Waals surface area contributed by atoms with E-state index >= 15 is 0 Å². The third-order valence-electron chi connectivity index (χ3n) is 7.13. The van der Waals surface area contributed by atoms with Crippen molar-refractivity contribution in [2.45, 2.75) is 98.8 Å². The van der Waals surface area contributed by atoms with Gasteiger partial charge in [0.05, 0.1) is 0 Å². The highest BCUT2D eigenvalue weighted by Crippen LogP contribution is 2.46. The van der Waals surface area contributed by atoms with Crippen molar-refractivity contribution >= 4 is 34.0 Å². The Bertz CT molecular complexity index is 1230. The lowest BCUT2D eigenvalue weighted by Crippen LogP contribution is -1.88. The van der Waals surface area contributed by atoms with Crippen LogP contribution in [-0.4, -0.2) is 0 Å². The Morgan fingerprint density at radius 2 is 1.19 bits per heavy atom. The first kappa shape index (κ1) is 27.4. The van der Waals surface area contributed by atoms with Crippen molar-refractivity contribution in [3.05, 3.63) is 69.6 Å². The molecule has 4 rings (SSSR count). The number of hydrogen-bond acceptors (Lipinski definition) is 3. The normalized spacial score (nSPS) is 11.5. The average molecular weight is 535 g/mol. The second-order valence-electron chi connectivity index (χ2n) is 10.3. The molecule has 0 spiro atoms. The van der Waals surface area contributed by atoms with E-state index in [1.165, 1.54) is 111 Å². The van der Waals surface area contributed by atoms with Crippen molar-refractivity contribution in [3.8, 4) is 29.9 Å². The average Bonchev–Trinajstić information content (AvgIpc) is 3.58. The molecule has 0 N–H and O–H groups in total. The van der Waals surface area contributed by atoms with Gasteiger partial charge in [-0.05, 0) is 104 Å². The second kappa shape index (κ2) is 13.2. The molecule has 0 saturated heterocycles. The fourth-order valence-electron chi connectivity index (χ4n) is 5.33. The molecule has 0 amide bonds. The van der Waals surface area contributed by atoms with Gasteiger partial charge in [0.2, 0.25) is 0 Å². The first-order chi connectivity index (χ1) is 17.5. The maximum Gasteiger partial charge on any atom is 0.0481 e. The van der Waals surface area contributed by atoms with E-state index in [1.54, 1.807) is 11.1 Å². The monoisotopic (exact) mass is 534 g/mol. The topological polar surface area (TPSA) is 0 Å². The van der Waals surface area contributed by atoms with Crippen LogP contribution in [0.5, 0.6) is 0 Å². The fraction of sp³-hybridized carbons (Fsp3) is 0.455. The first-order valence-corrected chi connectivity index (χ1v) is 16.4. The zero-order valence-corrected chi connectivity index (χ0v) is 25.3. The number of benzene rings is 1. The number of hydrogen-bond donors (Lipinski definition) is 0. The molecule has 0 bridgehead atoms. The molecule has 0 nitrogen and oxygen atoms in total. The maximum absolute atomic E-state index is 2.51. The SMILES string of the molecule is CCCCCCc1ccsc1-c1ccc(-c2sc(-c3c(C)cc(C)cc3C)cc2CCCCCC)s1. The lowest BCUT2D eigenvalue weighted by atomic mass is 9.97. The number of rotatable bonds is 13. The quantitative estimate of drug-likeness (QED) is 0.150. The highest BCUT2D eigenvalue weighted by molar-refractivity contribution is 7.27. The van der Waals surface area contributed by atoms with Gasteiger partial charge in [0.1, 0.15) is 0 Å². The Morgan fingerprint density at radius 1 is 0.583 bits per heavy atom. The van der Waals surface area contributed by atoms with Crippen LogP contribution < -0.4 is 0 Å². The lowest BCUT2D eigenvalue weighted by molar-refractivity contribution is 0.668. The third-order valence-corrected chi connectivity index (χ3v) is 10.7. The molecule has 0 fully saturated rings. The van der Waals surface area contributed by atoms with Crippen LogP contribution in [0.25, 0.3) is 29.9 Å². The fourth-order valence-corrected chi connectivity index (χ4v) is 8.99. The number of unbranched alkanes of at least 4 members (excludes halogenated alkanes) is 6. The molecule has 0 atom stereocenters. The van der Waals surface area contributed by atoms with Crippen LogP contribution in [0, 0.1) is 20.8 Å². The van der Waals surface area contributed by atoms with Crippen molar-refractivity contribution in [3.63, 3.8) is 0 Å². The predicted molar refractivity (Wildman–Crippen MR) is 166 cm³/mol. The summed E-state index contributed by atoms with van der Waals surface area (Å²) in [5.74, 6) is 0. The van der Waals surface area contributed by atoms with E-state index in [-0.39, 0.29) is 0 Å². The second-order valence-corrected chi connectivity index (χ2v) is 13.4. The van der Waals surface area contributed by atoms with E-state index in [2.05, 4.69) is 76.4 Å². The van der Waals surface area contributed by atoms with Gasteiger partial charge in [-0.1, -0.05) is 70.1 Å². The lowest BCUT2D eigenvalue weighted by Gasteiger charge is -2.09. The van der Waals surface area contributed by atoms with Crippen LogP contribution in [-0.2, 0) is 12.8 Å². The van der Waals surface area contributed by atoms with Crippen LogP contribution >= 0.6 is 34.0 Å². The summed E-state index contributed by atoms with van der Waals surface area (Å²) in [6.07, 6.45) is 12.9. The van der Waals surface area contributed by atoms with Gasteiger partial charge >= 0.3 is 0 Å². The Balaban J connectivity index is 1.65. The molecule has 0 saturated carbocycles. The minimum atomic E-state index is 1.19. The van der Waals surface area contributed by atoms with Crippen molar-refractivity contribution in [1.29, 1.82) is 0 Å². The van der Waals surface area contributed by atoms with Gasteiger partial charge in [0.25, 0.3) is 0 Å². The highest BCUT2D eigenvalue weighted by atomic mass is 32.1. The minimum Gasteiger partial charge on any atom is -0.143 e.